The minimum atomic E-state index is -0.0262. The summed E-state index contributed by atoms with van der Waals surface area (Å²) in [5, 5.41) is 2.98. The standard InChI is InChI=1S/C20H24N4O2/c1-15-18-7-3-9-22(18)11-12-23(15)14-19(25)21-16-5-2-6-17(13-16)24-10-4-8-20(24)26/h2-3,5-7,9,13,15H,4,8,10-12,14H2,1H3,(H,21,25). The van der Waals surface area contributed by atoms with E-state index in [0.29, 0.717) is 13.0 Å². The van der Waals surface area contributed by atoms with E-state index in [2.05, 4.69) is 40.0 Å². The molecule has 1 saturated heterocycles. The number of fused-ring (bicyclic) bond motifs is 1. The number of carbonyl (C=O) groups is 2. The van der Waals surface area contributed by atoms with Crippen molar-refractivity contribution in [1.82, 2.24) is 9.47 Å². The van der Waals surface area contributed by atoms with E-state index in [1.165, 1.54) is 5.69 Å². The SMILES string of the molecule is CC1c2cccn2CCN1CC(=O)Nc1cccc(N2CCCC2=O)c1. The van der Waals surface area contributed by atoms with Gasteiger partial charge in [-0.05, 0) is 43.7 Å². The van der Waals surface area contributed by atoms with Crippen molar-refractivity contribution < 1.29 is 9.59 Å². The lowest BCUT2D eigenvalue weighted by Crippen LogP contribution is -2.41. The van der Waals surface area contributed by atoms with E-state index in [0.717, 1.165) is 37.4 Å². The summed E-state index contributed by atoms with van der Waals surface area (Å²) in [6.07, 6.45) is 3.59. The van der Waals surface area contributed by atoms with Crippen molar-refractivity contribution in [3.8, 4) is 0 Å². The highest BCUT2D eigenvalue weighted by Crippen LogP contribution is 2.26. The molecule has 1 fully saturated rings. The third-order valence-corrected chi connectivity index (χ3v) is 5.33. The van der Waals surface area contributed by atoms with Crippen LogP contribution in [0.25, 0.3) is 0 Å². The lowest BCUT2D eigenvalue weighted by molar-refractivity contribution is -0.118. The molecule has 0 radical (unpaired) electrons. The Morgan fingerprint density at radius 2 is 2.08 bits per heavy atom. The number of hydrogen-bond acceptors (Lipinski definition) is 3. The predicted octanol–water partition coefficient (Wildman–Crippen LogP) is 2.63. The second-order valence-electron chi connectivity index (χ2n) is 7.02. The number of aromatic nitrogens is 1. The molecule has 2 aliphatic rings. The van der Waals surface area contributed by atoms with E-state index < -0.39 is 0 Å². The van der Waals surface area contributed by atoms with E-state index >= 15 is 0 Å². The molecule has 1 atom stereocenters. The number of nitrogens with zero attached hydrogens (tertiary/aromatic N) is 3. The van der Waals surface area contributed by atoms with Gasteiger partial charge >= 0.3 is 0 Å². The second kappa shape index (κ2) is 6.96. The van der Waals surface area contributed by atoms with Crippen LogP contribution in [0.2, 0.25) is 0 Å². The summed E-state index contributed by atoms with van der Waals surface area (Å²) in [5.41, 5.74) is 2.84. The largest absolute Gasteiger partial charge is 0.349 e. The molecule has 2 amide bonds. The maximum absolute atomic E-state index is 12.5. The van der Waals surface area contributed by atoms with Gasteiger partial charge in [0.2, 0.25) is 11.8 Å². The molecule has 2 aromatic rings. The minimum Gasteiger partial charge on any atom is -0.349 e. The van der Waals surface area contributed by atoms with Crippen LogP contribution in [0.5, 0.6) is 0 Å². The number of amides is 2. The normalized spacial score (nSPS) is 20.3. The number of benzene rings is 1. The van der Waals surface area contributed by atoms with Crippen molar-refractivity contribution in [1.29, 1.82) is 0 Å². The van der Waals surface area contributed by atoms with Crippen molar-refractivity contribution in [3.63, 3.8) is 0 Å². The highest BCUT2D eigenvalue weighted by atomic mass is 16.2. The average Bonchev–Trinajstić information content (AvgIpc) is 3.27. The Labute approximate surface area is 153 Å². The zero-order valence-corrected chi connectivity index (χ0v) is 15.0. The molecule has 1 aromatic carbocycles. The van der Waals surface area contributed by atoms with E-state index in [9.17, 15) is 9.59 Å². The van der Waals surface area contributed by atoms with E-state index in [-0.39, 0.29) is 17.9 Å². The van der Waals surface area contributed by atoms with Gasteiger partial charge in [-0.1, -0.05) is 6.07 Å². The quantitative estimate of drug-likeness (QED) is 0.920. The molecule has 0 spiro atoms. The fourth-order valence-corrected chi connectivity index (χ4v) is 3.90. The van der Waals surface area contributed by atoms with Gasteiger partial charge in [0.1, 0.15) is 0 Å². The van der Waals surface area contributed by atoms with Gasteiger partial charge in [0.15, 0.2) is 0 Å². The summed E-state index contributed by atoms with van der Waals surface area (Å²) in [6, 6.07) is 11.9. The number of rotatable bonds is 4. The van der Waals surface area contributed by atoms with Crippen molar-refractivity contribution >= 4 is 23.2 Å². The maximum atomic E-state index is 12.5. The number of nitrogens with one attached hydrogen (secondary N) is 1. The van der Waals surface area contributed by atoms with Gasteiger partial charge in [0, 0.05) is 55.4 Å². The Bertz CT molecular complexity index is 829. The lowest BCUT2D eigenvalue weighted by atomic mass is 10.1. The topological polar surface area (TPSA) is 57.6 Å². The van der Waals surface area contributed by atoms with Crippen molar-refractivity contribution in [2.24, 2.45) is 0 Å². The van der Waals surface area contributed by atoms with E-state index in [1.807, 2.05) is 24.3 Å². The molecule has 6 heteroatoms. The molecular weight excluding hydrogens is 328 g/mol. The third kappa shape index (κ3) is 3.24. The maximum Gasteiger partial charge on any atom is 0.238 e. The molecule has 0 saturated carbocycles. The zero-order chi connectivity index (χ0) is 18.1. The fraction of sp³-hybridized carbons (Fsp3) is 0.400. The van der Waals surface area contributed by atoms with Crippen molar-refractivity contribution in [2.75, 3.05) is 29.9 Å². The highest BCUT2D eigenvalue weighted by Gasteiger charge is 2.25. The minimum absolute atomic E-state index is 0.0262. The molecule has 0 aliphatic carbocycles. The van der Waals surface area contributed by atoms with Gasteiger partial charge in [-0.15, -0.1) is 0 Å². The van der Waals surface area contributed by atoms with E-state index in [4.69, 9.17) is 0 Å². The first kappa shape index (κ1) is 16.8. The molecular formula is C20H24N4O2. The summed E-state index contributed by atoms with van der Waals surface area (Å²) >= 11 is 0. The van der Waals surface area contributed by atoms with Crippen LogP contribution in [0, 0.1) is 0 Å². The molecule has 0 bridgehead atoms. The van der Waals surface area contributed by atoms with Gasteiger partial charge in [-0.25, -0.2) is 0 Å². The molecule has 1 unspecified atom stereocenters. The van der Waals surface area contributed by atoms with Crippen LogP contribution in [-0.2, 0) is 16.1 Å². The monoisotopic (exact) mass is 352 g/mol. The van der Waals surface area contributed by atoms with Gasteiger partial charge in [-0.2, -0.15) is 0 Å². The number of anilines is 2. The average molecular weight is 352 g/mol. The second-order valence-corrected chi connectivity index (χ2v) is 7.02. The van der Waals surface area contributed by atoms with E-state index in [1.54, 1.807) is 4.90 Å². The Balaban J connectivity index is 1.40. The zero-order valence-electron chi connectivity index (χ0n) is 15.0. The van der Waals surface area contributed by atoms with Crippen LogP contribution in [-0.4, -0.2) is 40.9 Å². The molecule has 26 heavy (non-hydrogen) atoms. The first-order valence-electron chi connectivity index (χ1n) is 9.21. The van der Waals surface area contributed by atoms with Gasteiger partial charge < -0.3 is 14.8 Å². The summed E-state index contributed by atoms with van der Waals surface area (Å²) in [4.78, 5) is 28.4. The van der Waals surface area contributed by atoms with Crippen molar-refractivity contribution in [2.45, 2.75) is 32.4 Å². The van der Waals surface area contributed by atoms with Crippen LogP contribution in [0.4, 0.5) is 11.4 Å². The highest BCUT2D eigenvalue weighted by molar-refractivity contribution is 5.97. The number of carbonyl (C=O) groups excluding carboxylic acids is 2. The first-order valence-corrected chi connectivity index (χ1v) is 9.21. The van der Waals surface area contributed by atoms with Crippen LogP contribution >= 0.6 is 0 Å². The molecule has 2 aliphatic heterocycles. The van der Waals surface area contributed by atoms with Crippen LogP contribution in [0.3, 0.4) is 0 Å². The van der Waals surface area contributed by atoms with Crippen LogP contribution in [0.15, 0.2) is 42.6 Å². The van der Waals surface area contributed by atoms with Gasteiger partial charge in [0.05, 0.1) is 6.54 Å². The first-order chi connectivity index (χ1) is 12.6. The number of hydrogen-bond donors (Lipinski definition) is 1. The Hall–Kier alpha value is -2.60. The van der Waals surface area contributed by atoms with Crippen LogP contribution < -0.4 is 10.2 Å². The van der Waals surface area contributed by atoms with Gasteiger partial charge in [0.25, 0.3) is 0 Å². The lowest BCUT2D eigenvalue weighted by Gasteiger charge is -2.34. The molecule has 1 N–H and O–H groups in total. The smallest absolute Gasteiger partial charge is 0.238 e. The third-order valence-electron chi connectivity index (χ3n) is 5.33. The summed E-state index contributed by atoms with van der Waals surface area (Å²) in [5.74, 6) is 0.125. The summed E-state index contributed by atoms with van der Waals surface area (Å²) in [6.45, 7) is 5.02. The molecule has 3 heterocycles. The fourth-order valence-electron chi connectivity index (χ4n) is 3.90. The molecule has 4 rings (SSSR count). The summed E-state index contributed by atoms with van der Waals surface area (Å²) < 4.78 is 2.25. The summed E-state index contributed by atoms with van der Waals surface area (Å²) in [7, 11) is 0. The molecule has 136 valence electrons. The van der Waals surface area contributed by atoms with Gasteiger partial charge in [-0.3, -0.25) is 14.5 Å². The van der Waals surface area contributed by atoms with Crippen LogP contribution in [0.1, 0.15) is 31.5 Å². The Kier molecular flexibility index (Phi) is 4.51. The molecule has 1 aromatic heterocycles. The van der Waals surface area contributed by atoms with Crippen molar-refractivity contribution in [3.05, 3.63) is 48.3 Å². The molecule has 6 nitrogen and oxygen atoms in total. The Morgan fingerprint density at radius 3 is 2.88 bits per heavy atom. The predicted molar refractivity (Wildman–Crippen MR) is 101 cm³/mol. The Morgan fingerprint density at radius 1 is 1.19 bits per heavy atom.